The van der Waals surface area contributed by atoms with E-state index in [1.807, 2.05) is 42.7 Å². The van der Waals surface area contributed by atoms with Crippen molar-refractivity contribution in [3.8, 4) is 5.69 Å². The summed E-state index contributed by atoms with van der Waals surface area (Å²) in [6.07, 6.45) is 9.32. The van der Waals surface area contributed by atoms with E-state index in [1.54, 1.807) is 18.2 Å². The summed E-state index contributed by atoms with van der Waals surface area (Å²) in [4.78, 5) is 52.7. The average molecular weight is 578 g/mol. The van der Waals surface area contributed by atoms with Crippen LogP contribution in [-0.2, 0) is 19.7 Å². The zero-order chi connectivity index (χ0) is 30.0. The van der Waals surface area contributed by atoms with E-state index in [-0.39, 0.29) is 11.0 Å². The number of anilines is 1. The lowest BCUT2D eigenvalue weighted by molar-refractivity contribution is -0.122. The third-order valence-electron chi connectivity index (χ3n) is 10.2. The van der Waals surface area contributed by atoms with Crippen molar-refractivity contribution in [2.45, 2.75) is 57.8 Å². The van der Waals surface area contributed by atoms with Crippen LogP contribution in [0.1, 0.15) is 71.4 Å². The van der Waals surface area contributed by atoms with Gasteiger partial charge >= 0.3 is 12.0 Å². The first kappa shape index (κ1) is 27.4. The Morgan fingerprint density at radius 1 is 0.907 bits per heavy atom. The number of hydrogen-bond donors (Lipinski definition) is 1. The average Bonchev–Trinajstić information content (AvgIpc) is 3.26. The van der Waals surface area contributed by atoms with E-state index in [1.165, 1.54) is 57.3 Å². The Bertz CT molecular complexity index is 1680. The molecule has 0 atom stereocenters. The van der Waals surface area contributed by atoms with Crippen LogP contribution in [-0.4, -0.2) is 35.5 Å². The minimum Gasteiger partial charge on any atom is -0.465 e. The molecule has 0 unspecified atom stereocenters. The number of esters is 1. The first-order valence-electron chi connectivity index (χ1n) is 15.1. The van der Waals surface area contributed by atoms with Crippen LogP contribution in [0.5, 0.6) is 0 Å². The number of methoxy groups -OCH3 is 1. The summed E-state index contributed by atoms with van der Waals surface area (Å²) >= 11 is 0. The molecule has 8 rings (SSSR count). The quantitative estimate of drug-likeness (QED) is 0.227. The Hall–Kier alpha value is -4.46. The first-order chi connectivity index (χ1) is 20.7. The summed E-state index contributed by atoms with van der Waals surface area (Å²) in [5.74, 6) is 0.628. The highest BCUT2D eigenvalue weighted by Crippen LogP contribution is 2.60. The predicted molar refractivity (Wildman–Crippen MR) is 162 cm³/mol. The van der Waals surface area contributed by atoms with Gasteiger partial charge in [-0.2, -0.15) is 0 Å². The minimum atomic E-state index is -0.750. The number of imide groups is 2. The summed E-state index contributed by atoms with van der Waals surface area (Å²) in [6, 6.07) is 16.0. The number of benzene rings is 2. The fourth-order valence-corrected chi connectivity index (χ4v) is 8.70. The van der Waals surface area contributed by atoms with Crippen molar-refractivity contribution in [2.75, 3.05) is 12.0 Å². The molecule has 0 radical (unpaired) electrons. The number of aryl methyl sites for hydroxylation is 1. The maximum atomic E-state index is 13.7. The second-order valence-electron chi connectivity index (χ2n) is 12.9. The van der Waals surface area contributed by atoms with Crippen molar-refractivity contribution in [3.05, 3.63) is 88.2 Å². The topological polar surface area (TPSA) is 97.7 Å². The van der Waals surface area contributed by atoms with Crippen molar-refractivity contribution in [3.63, 3.8) is 0 Å². The molecule has 8 heteroatoms. The lowest BCUT2D eigenvalue weighted by Gasteiger charge is -2.57. The molecule has 4 amide bonds. The number of nitrogens with one attached hydrogen (secondary N) is 1. The Kier molecular flexibility index (Phi) is 6.41. The molecule has 5 aliphatic rings. The largest absolute Gasteiger partial charge is 0.465 e. The number of hydrogen-bond acceptors (Lipinski definition) is 5. The molecule has 43 heavy (non-hydrogen) atoms. The van der Waals surface area contributed by atoms with Gasteiger partial charge in [-0.15, -0.1) is 0 Å². The molecule has 2 aromatic carbocycles. The zero-order valence-corrected chi connectivity index (χ0v) is 24.7. The van der Waals surface area contributed by atoms with Crippen LogP contribution in [0.4, 0.5) is 10.5 Å². The summed E-state index contributed by atoms with van der Waals surface area (Å²) in [5, 5.41) is 2.35. The van der Waals surface area contributed by atoms with E-state index in [9.17, 15) is 19.2 Å². The molecule has 2 heterocycles. The lowest BCUT2D eigenvalue weighted by Crippen LogP contribution is -2.54. The van der Waals surface area contributed by atoms with E-state index in [0.29, 0.717) is 16.8 Å². The van der Waals surface area contributed by atoms with E-state index in [4.69, 9.17) is 4.74 Å². The number of barbiturate groups is 1. The number of carbonyl (C=O) groups is 4. The number of aromatic nitrogens is 1. The monoisotopic (exact) mass is 577 g/mol. The third kappa shape index (κ3) is 4.51. The van der Waals surface area contributed by atoms with Gasteiger partial charge in [-0.3, -0.25) is 14.9 Å². The highest BCUT2D eigenvalue weighted by atomic mass is 16.5. The molecular weight excluding hydrogens is 542 g/mol. The van der Waals surface area contributed by atoms with Crippen molar-refractivity contribution < 1.29 is 23.9 Å². The Balaban J connectivity index is 1.18. The van der Waals surface area contributed by atoms with Crippen LogP contribution < -0.4 is 10.2 Å². The van der Waals surface area contributed by atoms with Crippen LogP contribution in [0.2, 0.25) is 0 Å². The molecule has 220 valence electrons. The van der Waals surface area contributed by atoms with Crippen molar-refractivity contribution in [1.82, 2.24) is 9.88 Å². The van der Waals surface area contributed by atoms with Crippen LogP contribution >= 0.6 is 0 Å². The van der Waals surface area contributed by atoms with Gasteiger partial charge in [0.05, 0.1) is 18.4 Å². The van der Waals surface area contributed by atoms with E-state index >= 15 is 0 Å². The summed E-state index contributed by atoms with van der Waals surface area (Å²) < 4.78 is 6.80. The number of ether oxygens (including phenoxy) is 1. The fourth-order valence-electron chi connectivity index (χ4n) is 8.70. The summed E-state index contributed by atoms with van der Waals surface area (Å²) in [7, 11) is 1.34. The van der Waals surface area contributed by atoms with E-state index in [2.05, 4.69) is 17.4 Å². The predicted octanol–water partition coefficient (Wildman–Crippen LogP) is 6.01. The van der Waals surface area contributed by atoms with Gasteiger partial charge in [-0.1, -0.05) is 18.2 Å². The van der Waals surface area contributed by atoms with Gasteiger partial charge in [0.15, 0.2) is 0 Å². The van der Waals surface area contributed by atoms with Crippen LogP contribution in [0, 0.1) is 31.6 Å². The minimum absolute atomic E-state index is 0.117. The second-order valence-corrected chi connectivity index (χ2v) is 12.9. The SMILES string of the molecule is COC(=O)c1cccc(-n2c(C)cc(/C=C3\C(=O)NC(=O)N(c4ccc(C56CC7CC(CC(C7)C5)C6)cc4)C3=O)c2C)c1. The number of urea groups is 1. The fraction of sp³-hybridized carbons (Fsp3) is 0.371. The summed E-state index contributed by atoms with van der Waals surface area (Å²) in [6.45, 7) is 3.78. The summed E-state index contributed by atoms with van der Waals surface area (Å²) in [5.41, 5.74) is 5.28. The molecule has 1 aromatic heterocycles. The third-order valence-corrected chi connectivity index (χ3v) is 10.2. The highest BCUT2D eigenvalue weighted by molar-refractivity contribution is 6.39. The van der Waals surface area contributed by atoms with Crippen molar-refractivity contribution >= 4 is 35.6 Å². The highest BCUT2D eigenvalue weighted by Gasteiger charge is 2.51. The van der Waals surface area contributed by atoms with Crippen LogP contribution in [0.25, 0.3) is 11.8 Å². The molecule has 4 bridgehead atoms. The Morgan fingerprint density at radius 2 is 1.56 bits per heavy atom. The molecule has 1 N–H and O–H groups in total. The van der Waals surface area contributed by atoms with Gasteiger partial charge in [0.1, 0.15) is 5.57 Å². The molecule has 5 fully saturated rings. The second kappa shape index (κ2) is 10.1. The molecule has 8 nitrogen and oxygen atoms in total. The molecule has 1 saturated heterocycles. The molecule has 4 saturated carbocycles. The van der Waals surface area contributed by atoms with Gasteiger partial charge in [0, 0.05) is 17.1 Å². The number of nitrogens with zero attached hydrogens (tertiary/aromatic N) is 2. The molecule has 3 aromatic rings. The Morgan fingerprint density at radius 3 is 2.19 bits per heavy atom. The van der Waals surface area contributed by atoms with Crippen molar-refractivity contribution in [2.24, 2.45) is 17.8 Å². The lowest BCUT2D eigenvalue weighted by atomic mass is 9.48. The maximum Gasteiger partial charge on any atom is 0.337 e. The smallest absolute Gasteiger partial charge is 0.337 e. The molecule has 1 aliphatic heterocycles. The van der Waals surface area contributed by atoms with E-state index in [0.717, 1.165) is 39.7 Å². The van der Waals surface area contributed by atoms with Gasteiger partial charge in [-0.05, 0) is 129 Å². The molecular formula is C35H35N3O5. The molecule has 4 aliphatic carbocycles. The van der Waals surface area contributed by atoms with E-state index < -0.39 is 23.8 Å². The number of amides is 4. The van der Waals surface area contributed by atoms with Crippen LogP contribution in [0.3, 0.4) is 0 Å². The number of rotatable bonds is 5. The van der Waals surface area contributed by atoms with Gasteiger partial charge in [0.2, 0.25) is 0 Å². The number of carbonyl (C=O) groups excluding carboxylic acids is 4. The Labute approximate surface area is 250 Å². The van der Waals surface area contributed by atoms with Crippen molar-refractivity contribution in [1.29, 1.82) is 0 Å². The maximum absolute atomic E-state index is 13.7. The van der Waals surface area contributed by atoms with Crippen LogP contribution in [0.15, 0.2) is 60.2 Å². The normalized spacial score (nSPS) is 27.1. The first-order valence-corrected chi connectivity index (χ1v) is 15.1. The van der Waals surface area contributed by atoms with Gasteiger partial charge in [-0.25, -0.2) is 14.5 Å². The molecule has 0 spiro atoms. The van der Waals surface area contributed by atoms with Gasteiger partial charge in [0.25, 0.3) is 11.8 Å². The zero-order valence-electron chi connectivity index (χ0n) is 24.7. The standard InChI is InChI=1S/C35H35N3O5/c1-20-11-26(21(2)37(20)29-6-4-5-25(15-29)33(41)43-3)16-30-31(39)36-34(42)38(32(30)40)28-9-7-27(8-10-28)35-17-22-12-23(18-35)14-24(13-22)19-35/h4-11,15-16,22-24H,12-14,17-19H2,1-3H3,(H,36,39,42)/b30-16+. The van der Waals surface area contributed by atoms with Gasteiger partial charge < -0.3 is 9.30 Å².